The number of thiophene rings is 1. The molecular formula is C19H20FN3O2S. The van der Waals surface area contributed by atoms with Crippen LogP contribution in [0.25, 0.3) is 20.7 Å². The van der Waals surface area contributed by atoms with Crippen LogP contribution in [0.4, 0.5) is 4.39 Å². The first-order valence-corrected chi connectivity index (χ1v) is 9.46. The summed E-state index contributed by atoms with van der Waals surface area (Å²) in [4.78, 5) is 23.2. The maximum absolute atomic E-state index is 13.1. The van der Waals surface area contributed by atoms with Gasteiger partial charge in [0.2, 0.25) is 0 Å². The van der Waals surface area contributed by atoms with E-state index in [1.807, 2.05) is 6.07 Å². The minimum absolute atomic E-state index is 0.127. The van der Waals surface area contributed by atoms with Crippen molar-refractivity contribution in [2.75, 3.05) is 13.1 Å². The Balaban J connectivity index is 1.64. The number of benzene rings is 1. The van der Waals surface area contributed by atoms with Crippen molar-refractivity contribution >= 4 is 21.6 Å². The Kier molecular flexibility index (Phi) is 4.60. The van der Waals surface area contributed by atoms with Gasteiger partial charge in [-0.3, -0.25) is 9.69 Å². The Bertz CT molecular complexity index is 973. The summed E-state index contributed by atoms with van der Waals surface area (Å²) >= 11 is 1.38. The average Bonchev–Trinajstić information content (AvgIpc) is 2.99. The molecule has 1 fully saturated rings. The first-order chi connectivity index (χ1) is 12.5. The molecule has 0 unspecified atom stereocenters. The highest BCUT2D eigenvalue weighted by Crippen LogP contribution is 2.31. The molecule has 136 valence electrons. The number of aromatic nitrogens is 2. The fraction of sp³-hybridized carbons (Fsp3) is 0.368. The van der Waals surface area contributed by atoms with E-state index in [1.54, 1.807) is 12.1 Å². The van der Waals surface area contributed by atoms with E-state index in [2.05, 4.69) is 28.7 Å². The second-order valence-electron chi connectivity index (χ2n) is 6.80. The maximum Gasteiger partial charge on any atom is 0.268 e. The number of hydrogen-bond acceptors (Lipinski definition) is 5. The predicted octanol–water partition coefficient (Wildman–Crippen LogP) is 3.40. The van der Waals surface area contributed by atoms with Gasteiger partial charge in [-0.05, 0) is 37.6 Å². The molecule has 7 heteroatoms. The van der Waals surface area contributed by atoms with Gasteiger partial charge < -0.3 is 9.72 Å². The number of nitrogens with zero attached hydrogens (tertiary/aromatic N) is 2. The van der Waals surface area contributed by atoms with E-state index in [0.29, 0.717) is 22.6 Å². The van der Waals surface area contributed by atoms with Crippen molar-refractivity contribution in [3.63, 3.8) is 0 Å². The van der Waals surface area contributed by atoms with Crippen LogP contribution in [0.15, 0.2) is 35.1 Å². The summed E-state index contributed by atoms with van der Waals surface area (Å²) in [5.74, 6) is 0.384. The van der Waals surface area contributed by atoms with Crippen LogP contribution >= 0.6 is 11.3 Å². The van der Waals surface area contributed by atoms with E-state index in [4.69, 9.17) is 4.74 Å². The molecule has 1 saturated heterocycles. The first-order valence-electron chi connectivity index (χ1n) is 8.64. The van der Waals surface area contributed by atoms with Crippen LogP contribution in [0.5, 0.6) is 0 Å². The van der Waals surface area contributed by atoms with Crippen molar-refractivity contribution in [2.45, 2.75) is 32.6 Å². The lowest BCUT2D eigenvalue weighted by Gasteiger charge is -2.34. The molecule has 1 aromatic carbocycles. The molecule has 4 rings (SSSR count). The maximum atomic E-state index is 13.1. The Morgan fingerprint density at radius 1 is 1.27 bits per heavy atom. The number of ether oxygens (including phenoxy) is 1. The van der Waals surface area contributed by atoms with Crippen LogP contribution in [0.2, 0.25) is 0 Å². The fourth-order valence-corrected chi connectivity index (χ4v) is 4.44. The number of aromatic amines is 1. The molecule has 0 saturated carbocycles. The lowest BCUT2D eigenvalue weighted by Crippen LogP contribution is -2.45. The van der Waals surface area contributed by atoms with E-state index in [0.717, 1.165) is 23.5 Å². The van der Waals surface area contributed by atoms with Gasteiger partial charge in [-0.15, -0.1) is 11.3 Å². The Morgan fingerprint density at radius 2 is 1.96 bits per heavy atom. The molecule has 3 aromatic rings. The van der Waals surface area contributed by atoms with Gasteiger partial charge in [-0.25, -0.2) is 9.37 Å². The summed E-state index contributed by atoms with van der Waals surface area (Å²) in [5.41, 5.74) is 1.44. The summed E-state index contributed by atoms with van der Waals surface area (Å²) in [6.07, 6.45) is 0.334. The molecule has 0 amide bonds. The van der Waals surface area contributed by atoms with Crippen molar-refractivity contribution in [2.24, 2.45) is 0 Å². The number of halogens is 1. The highest BCUT2D eigenvalue weighted by molar-refractivity contribution is 7.22. The lowest BCUT2D eigenvalue weighted by atomic mass is 10.2. The fourth-order valence-electron chi connectivity index (χ4n) is 3.44. The summed E-state index contributed by atoms with van der Waals surface area (Å²) < 4.78 is 19.5. The molecule has 2 aromatic heterocycles. The van der Waals surface area contributed by atoms with Crippen molar-refractivity contribution in [1.29, 1.82) is 0 Å². The number of H-pyrrole nitrogens is 1. The number of rotatable bonds is 3. The number of morpholine rings is 1. The molecule has 1 N–H and O–H groups in total. The second-order valence-corrected chi connectivity index (χ2v) is 7.85. The van der Waals surface area contributed by atoms with Crippen LogP contribution in [0, 0.1) is 5.82 Å². The van der Waals surface area contributed by atoms with Crippen LogP contribution < -0.4 is 5.56 Å². The normalized spacial score (nSPS) is 21.3. The van der Waals surface area contributed by atoms with E-state index >= 15 is 0 Å². The molecule has 0 bridgehead atoms. The van der Waals surface area contributed by atoms with Gasteiger partial charge in [0.05, 0.1) is 24.3 Å². The van der Waals surface area contributed by atoms with Crippen LogP contribution in [0.1, 0.15) is 19.7 Å². The monoisotopic (exact) mass is 373 g/mol. The minimum atomic E-state index is -0.276. The topological polar surface area (TPSA) is 58.2 Å². The smallest absolute Gasteiger partial charge is 0.268 e. The summed E-state index contributed by atoms with van der Waals surface area (Å²) in [6, 6.07) is 8.17. The van der Waals surface area contributed by atoms with E-state index in [1.165, 1.54) is 23.5 Å². The second kappa shape index (κ2) is 6.90. The van der Waals surface area contributed by atoms with Crippen molar-refractivity contribution in [1.82, 2.24) is 14.9 Å². The highest BCUT2D eigenvalue weighted by atomic mass is 32.1. The van der Waals surface area contributed by atoms with E-state index < -0.39 is 0 Å². The Morgan fingerprint density at radius 3 is 2.65 bits per heavy atom. The van der Waals surface area contributed by atoms with Gasteiger partial charge >= 0.3 is 0 Å². The molecule has 0 spiro atoms. The zero-order valence-corrected chi connectivity index (χ0v) is 15.5. The third kappa shape index (κ3) is 3.56. The van der Waals surface area contributed by atoms with Gasteiger partial charge in [-0.1, -0.05) is 12.1 Å². The molecule has 1 aliphatic rings. The summed E-state index contributed by atoms with van der Waals surface area (Å²) in [6.45, 7) is 6.32. The van der Waals surface area contributed by atoms with Crippen molar-refractivity contribution < 1.29 is 9.13 Å². The van der Waals surface area contributed by atoms with Gasteiger partial charge in [0, 0.05) is 18.0 Å². The third-order valence-electron chi connectivity index (χ3n) is 4.43. The number of nitrogens with one attached hydrogen (secondary N) is 1. The molecule has 0 radical (unpaired) electrons. The van der Waals surface area contributed by atoms with Gasteiger partial charge in [-0.2, -0.15) is 0 Å². The average molecular weight is 373 g/mol. The van der Waals surface area contributed by atoms with Gasteiger partial charge in [0.15, 0.2) is 0 Å². The molecule has 5 nitrogen and oxygen atoms in total. The molecule has 2 atom stereocenters. The highest BCUT2D eigenvalue weighted by Gasteiger charge is 2.23. The number of fused-ring (bicyclic) bond motifs is 1. The lowest BCUT2D eigenvalue weighted by molar-refractivity contribution is -0.0710. The van der Waals surface area contributed by atoms with Crippen molar-refractivity contribution in [3.8, 4) is 10.4 Å². The molecule has 3 heterocycles. The SMILES string of the molecule is C[C@@H]1CN(Cc2nc3cc(-c4ccc(F)cc4)sc3c(=O)[nH]2)C[C@H](C)O1. The van der Waals surface area contributed by atoms with E-state index in [9.17, 15) is 9.18 Å². The van der Waals surface area contributed by atoms with Gasteiger partial charge in [0.1, 0.15) is 16.3 Å². The van der Waals surface area contributed by atoms with Gasteiger partial charge in [0.25, 0.3) is 5.56 Å². The predicted molar refractivity (Wildman–Crippen MR) is 101 cm³/mol. The molecule has 0 aliphatic carbocycles. The third-order valence-corrected chi connectivity index (χ3v) is 5.60. The Labute approximate surface area is 154 Å². The van der Waals surface area contributed by atoms with Crippen LogP contribution in [-0.4, -0.2) is 40.2 Å². The quantitative estimate of drug-likeness (QED) is 0.764. The molecular weight excluding hydrogens is 353 g/mol. The molecule has 1 aliphatic heterocycles. The zero-order valence-electron chi connectivity index (χ0n) is 14.7. The Hall–Kier alpha value is -2.09. The minimum Gasteiger partial charge on any atom is -0.373 e. The molecule has 26 heavy (non-hydrogen) atoms. The first kappa shape index (κ1) is 17.3. The number of hydrogen-bond donors (Lipinski definition) is 1. The summed E-state index contributed by atoms with van der Waals surface area (Å²) in [7, 11) is 0. The summed E-state index contributed by atoms with van der Waals surface area (Å²) in [5, 5.41) is 0. The van der Waals surface area contributed by atoms with Crippen molar-refractivity contribution in [3.05, 3.63) is 52.3 Å². The largest absolute Gasteiger partial charge is 0.373 e. The standard InChI is InChI=1S/C19H20FN3O2S/c1-11-8-23(9-12(2)25-11)10-17-21-15-7-16(26-18(15)19(24)22-17)13-3-5-14(20)6-4-13/h3-7,11-12H,8-10H2,1-2H3,(H,21,22,24)/t11-,12+. The van der Waals surface area contributed by atoms with E-state index in [-0.39, 0.29) is 23.6 Å². The zero-order chi connectivity index (χ0) is 18.3. The van der Waals surface area contributed by atoms with Crippen LogP contribution in [0.3, 0.4) is 0 Å². The van der Waals surface area contributed by atoms with Crippen LogP contribution in [-0.2, 0) is 11.3 Å².